The number of aryl methyl sites for hydroxylation is 1. The van der Waals surface area contributed by atoms with Gasteiger partial charge >= 0.3 is 0 Å². The standard InChI is InChI=1S/C9H17N3S/c1-11(4-3-5-13)7-9-6-10-12(2)8-9/h6,8,13H,3-5,7H2,1-2H3. The molecule has 0 radical (unpaired) electrons. The third-order valence-electron chi connectivity index (χ3n) is 1.91. The van der Waals surface area contributed by atoms with Crippen molar-refractivity contribution in [2.45, 2.75) is 13.0 Å². The molecule has 1 heterocycles. The van der Waals surface area contributed by atoms with E-state index >= 15 is 0 Å². The molecule has 0 atom stereocenters. The van der Waals surface area contributed by atoms with Gasteiger partial charge in [-0.1, -0.05) is 0 Å². The minimum atomic E-state index is 0.956. The molecule has 0 N–H and O–H groups in total. The van der Waals surface area contributed by atoms with Crippen LogP contribution >= 0.6 is 12.6 Å². The van der Waals surface area contributed by atoms with Gasteiger partial charge in [-0.2, -0.15) is 17.7 Å². The second kappa shape index (κ2) is 5.29. The van der Waals surface area contributed by atoms with Gasteiger partial charge in [0, 0.05) is 25.4 Å². The summed E-state index contributed by atoms with van der Waals surface area (Å²) in [5, 5.41) is 4.12. The van der Waals surface area contributed by atoms with Crippen molar-refractivity contribution in [1.82, 2.24) is 14.7 Å². The van der Waals surface area contributed by atoms with E-state index in [4.69, 9.17) is 0 Å². The summed E-state index contributed by atoms with van der Waals surface area (Å²) >= 11 is 4.18. The number of thiol groups is 1. The Morgan fingerprint density at radius 3 is 2.92 bits per heavy atom. The van der Waals surface area contributed by atoms with Crippen LogP contribution in [0.3, 0.4) is 0 Å². The fourth-order valence-corrected chi connectivity index (χ4v) is 1.43. The number of hydrogen-bond donors (Lipinski definition) is 1. The Kier molecular flexibility index (Phi) is 4.32. The molecule has 13 heavy (non-hydrogen) atoms. The Morgan fingerprint density at radius 1 is 1.62 bits per heavy atom. The second-order valence-corrected chi connectivity index (χ2v) is 3.78. The lowest BCUT2D eigenvalue weighted by Gasteiger charge is -2.14. The fourth-order valence-electron chi connectivity index (χ4n) is 1.28. The average Bonchev–Trinajstić information content (AvgIpc) is 2.48. The first-order chi connectivity index (χ1) is 6.22. The van der Waals surface area contributed by atoms with Crippen molar-refractivity contribution in [2.75, 3.05) is 19.3 Å². The Balaban J connectivity index is 2.31. The van der Waals surface area contributed by atoms with Crippen LogP contribution in [0.5, 0.6) is 0 Å². The predicted molar refractivity (Wildman–Crippen MR) is 58.0 cm³/mol. The smallest absolute Gasteiger partial charge is 0.0534 e. The molecule has 0 fully saturated rings. The van der Waals surface area contributed by atoms with Crippen LogP contribution in [0.2, 0.25) is 0 Å². The number of rotatable bonds is 5. The van der Waals surface area contributed by atoms with E-state index in [2.05, 4.69) is 35.9 Å². The maximum atomic E-state index is 4.18. The molecule has 0 amide bonds. The van der Waals surface area contributed by atoms with Crippen molar-refractivity contribution >= 4 is 12.6 Å². The molecule has 0 aromatic carbocycles. The summed E-state index contributed by atoms with van der Waals surface area (Å²) in [5.74, 6) is 0.956. The molecule has 0 aliphatic heterocycles. The summed E-state index contributed by atoms with van der Waals surface area (Å²) in [4.78, 5) is 2.28. The van der Waals surface area contributed by atoms with Crippen molar-refractivity contribution < 1.29 is 0 Å². The van der Waals surface area contributed by atoms with Gasteiger partial charge in [-0.25, -0.2) is 0 Å². The highest BCUT2D eigenvalue weighted by Crippen LogP contribution is 2.01. The minimum absolute atomic E-state index is 0.956. The van der Waals surface area contributed by atoms with Gasteiger partial charge in [0.05, 0.1) is 6.20 Å². The molecule has 0 saturated carbocycles. The summed E-state index contributed by atoms with van der Waals surface area (Å²) in [6.45, 7) is 2.07. The third kappa shape index (κ3) is 3.83. The summed E-state index contributed by atoms with van der Waals surface area (Å²) in [6, 6.07) is 0. The molecule has 0 unspecified atom stereocenters. The lowest BCUT2D eigenvalue weighted by atomic mass is 10.3. The van der Waals surface area contributed by atoms with Crippen molar-refractivity contribution in [3.05, 3.63) is 18.0 Å². The van der Waals surface area contributed by atoms with Crippen molar-refractivity contribution in [3.8, 4) is 0 Å². The van der Waals surface area contributed by atoms with Crippen molar-refractivity contribution in [2.24, 2.45) is 7.05 Å². The SMILES string of the molecule is CN(CCCS)Cc1cnn(C)c1. The highest BCUT2D eigenvalue weighted by molar-refractivity contribution is 7.80. The molecule has 4 heteroatoms. The lowest BCUT2D eigenvalue weighted by molar-refractivity contribution is 0.328. The van der Waals surface area contributed by atoms with Gasteiger partial charge in [-0.05, 0) is 25.8 Å². The number of aromatic nitrogens is 2. The Hall–Kier alpha value is -0.480. The monoisotopic (exact) mass is 199 g/mol. The van der Waals surface area contributed by atoms with Crippen molar-refractivity contribution in [3.63, 3.8) is 0 Å². The maximum absolute atomic E-state index is 4.18. The molecule has 1 rings (SSSR count). The van der Waals surface area contributed by atoms with Crippen LogP contribution in [-0.2, 0) is 13.6 Å². The van der Waals surface area contributed by atoms with E-state index in [1.807, 2.05) is 17.9 Å². The Bertz CT molecular complexity index is 247. The van der Waals surface area contributed by atoms with E-state index in [0.717, 1.165) is 25.3 Å². The topological polar surface area (TPSA) is 21.1 Å². The van der Waals surface area contributed by atoms with Gasteiger partial charge in [0.25, 0.3) is 0 Å². The van der Waals surface area contributed by atoms with E-state index < -0.39 is 0 Å². The van der Waals surface area contributed by atoms with Crippen LogP contribution in [0, 0.1) is 0 Å². The van der Waals surface area contributed by atoms with Gasteiger partial charge in [0.1, 0.15) is 0 Å². The molecule has 0 spiro atoms. The van der Waals surface area contributed by atoms with Gasteiger partial charge in [-0.3, -0.25) is 4.68 Å². The van der Waals surface area contributed by atoms with E-state index in [0.29, 0.717) is 0 Å². The molecular weight excluding hydrogens is 182 g/mol. The molecule has 0 saturated heterocycles. The van der Waals surface area contributed by atoms with Gasteiger partial charge in [-0.15, -0.1) is 0 Å². The van der Waals surface area contributed by atoms with Crippen LogP contribution in [0.25, 0.3) is 0 Å². The zero-order valence-electron chi connectivity index (χ0n) is 8.27. The first kappa shape index (κ1) is 10.6. The van der Waals surface area contributed by atoms with Gasteiger partial charge < -0.3 is 4.90 Å². The van der Waals surface area contributed by atoms with E-state index in [-0.39, 0.29) is 0 Å². The highest BCUT2D eigenvalue weighted by atomic mass is 32.1. The van der Waals surface area contributed by atoms with E-state index in [1.165, 1.54) is 5.56 Å². The van der Waals surface area contributed by atoms with Crippen LogP contribution < -0.4 is 0 Å². The van der Waals surface area contributed by atoms with Gasteiger partial charge in [0.15, 0.2) is 0 Å². The fraction of sp³-hybridized carbons (Fsp3) is 0.667. The van der Waals surface area contributed by atoms with Crippen LogP contribution in [-0.4, -0.2) is 34.0 Å². The van der Waals surface area contributed by atoms with Crippen LogP contribution in [0.4, 0.5) is 0 Å². The largest absolute Gasteiger partial charge is 0.302 e. The summed E-state index contributed by atoms with van der Waals surface area (Å²) in [7, 11) is 4.06. The van der Waals surface area contributed by atoms with Crippen LogP contribution in [0.15, 0.2) is 12.4 Å². The molecule has 1 aromatic heterocycles. The van der Waals surface area contributed by atoms with Crippen molar-refractivity contribution in [1.29, 1.82) is 0 Å². The molecular formula is C9H17N3S. The number of nitrogens with zero attached hydrogens (tertiary/aromatic N) is 3. The highest BCUT2D eigenvalue weighted by Gasteiger charge is 2.00. The molecule has 0 bridgehead atoms. The third-order valence-corrected chi connectivity index (χ3v) is 2.23. The Labute approximate surface area is 85.1 Å². The zero-order chi connectivity index (χ0) is 9.68. The molecule has 74 valence electrons. The first-order valence-electron chi connectivity index (χ1n) is 4.49. The van der Waals surface area contributed by atoms with E-state index in [9.17, 15) is 0 Å². The minimum Gasteiger partial charge on any atom is -0.302 e. The average molecular weight is 199 g/mol. The molecule has 0 aliphatic carbocycles. The molecule has 3 nitrogen and oxygen atoms in total. The second-order valence-electron chi connectivity index (χ2n) is 3.34. The maximum Gasteiger partial charge on any atom is 0.0534 e. The molecule has 0 aliphatic rings. The van der Waals surface area contributed by atoms with Crippen LogP contribution in [0.1, 0.15) is 12.0 Å². The van der Waals surface area contributed by atoms with Gasteiger partial charge in [0.2, 0.25) is 0 Å². The zero-order valence-corrected chi connectivity index (χ0v) is 9.17. The number of hydrogen-bond acceptors (Lipinski definition) is 3. The quantitative estimate of drug-likeness (QED) is 0.719. The normalized spacial score (nSPS) is 11.1. The molecule has 1 aromatic rings. The van der Waals surface area contributed by atoms with E-state index in [1.54, 1.807) is 0 Å². The summed E-state index contributed by atoms with van der Waals surface area (Å²) < 4.78 is 1.84. The predicted octanol–water partition coefficient (Wildman–Crippen LogP) is 1.17. The summed E-state index contributed by atoms with van der Waals surface area (Å²) in [6.07, 6.45) is 5.11. The first-order valence-corrected chi connectivity index (χ1v) is 5.12. The summed E-state index contributed by atoms with van der Waals surface area (Å²) in [5.41, 5.74) is 1.27. The lowest BCUT2D eigenvalue weighted by Crippen LogP contribution is -2.19. The Morgan fingerprint density at radius 2 is 2.38 bits per heavy atom.